The van der Waals surface area contributed by atoms with Crippen LogP contribution in [0.15, 0.2) is 54.4 Å². The lowest BCUT2D eigenvalue weighted by Gasteiger charge is -2.20. The van der Waals surface area contributed by atoms with Crippen molar-refractivity contribution in [1.29, 1.82) is 0 Å². The van der Waals surface area contributed by atoms with E-state index < -0.39 is 0 Å². The molecule has 216 valence electrons. The first-order valence-electron chi connectivity index (χ1n) is 12.5. The number of carbonyl (C=O) groups is 1. The van der Waals surface area contributed by atoms with Crippen LogP contribution in [0.4, 0.5) is 17.3 Å². The molecule has 1 aliphatic heterocycles. The molecule has 0 saturated heterocycles. The first-order valence-corrected chi connectivity index (χ1v) is 12.9. The number of aromatic nitrogens is 2. The van der Waals surface area contributed by atoms with Gasteiger partial charge in [0.2, 0.25) is 0 Å². The summed E-state index contributed by atoms with van der Waals surface area (Å²) in [4.78, 5) is 21.4. The Balaban J connectivity index is 0.00000280. The van der Waals surface area contributed by atoms with Crippen LogP contribution in [0.1, 0.15) is 43.1 Å². The second-order valence-electron chi connectivity index (χ2n) is 9.97. The van der Waals surface area contributed by atoms with Crippen LogP contribution in [0.3, 0.4) is 0 Å². The van der Waals surface area contributed by atoms with E-state index in [4.69, 9.17) is 21.4 Å². The maximum atomic E-state index is 12.5. The van der Waals surface area contributed by atoms with Gasteiger partial charge in [-0.2, -0.15) is 0 Å². The molecule has 9 nitrogen and oxygen atoms in total. The lowest BCUT2D eigenvalue weighted by molar-refractivity contribution is 0.0919. The fraction of sp³-hybridized carbons (Fsp3) is 0.321. The molecular weight excluding hydrogens is 575 g/mol. The molecule has 0 radical (unpaired) electrons. The lowest BCUT2D eigenvalue weighted by Crippen LogP contribution is -2.40. The van der Waals surface area contributed by atoms with E-state index in [9.17, 15) is 4.79 Å². The summed E-state index contributed by atoms with van der Waals surface area (Å²) < 4.78 is 5.99. The number of rotatable bonds is 9. The van der Waals surface area contributed by atoms with E-state index in [0.29, 0.717) is 41.0 Å². The zero-order chi connectivity index (χ0) is 27.1. The van der Waals surface area contributed by atoms with Gasteiger partial charge in [0.1, 0.15) is 29.5 Å². The van der Waals surface area contributed by atoms with Gasteiger partial charge in [-0.05, 0) is 69.7 Å². The van der Waals surface area contributed by atoms with Crippen LogP contribution in [0, 0.1) is 0 Å². The van der Waals surface area contributed by atoms with Crippen LogP contribution in [0.25, 0.3) is 6.08 Å². The van der Waals surface area contributed by atoms with Gasteiger partial charge in [-0.1, -0.05) is 23.2 Å². The average molecular weight is 610 g/mol. The number of hydrogen-bond donors (Lipinski definition) is 5. The summed E-state index contributed by atoms with van der Waals surface area (Å²) in [5.41, 5.74) is 2.94. The number of benzene rings is 2. The van der Waals surface area contributed by atoms with Crippen molar-refractivity contribution in [3.63, 3.8) is 0 Å². The number of nitrogens with zero attached hydrogens (tertiary/aromatic N) is 2. The summed E-state index contributed by atoms with van der Waals surface area (Å²) in [5, 5.41) is 22.3. The maximum Gasteiger partial charge on any atom is 0.251 e. The topological polar surface area (TPSA) is 120 Å². The average Bonchev–Trinajstić information content (AvgIpc) is 3.08. The molecule has 1 aliphatic rings. The van der Waals surface area contributed by atoms with Crippen molar-refractivity contribution >= 4 is 65.7 Å². The van der Waals surface area contributed by atoms with Crippen LogP contribution in [-0.4, -0.2) is 52.8 Å². The smallest absolute Gasteiger partial charge is 0.251 e. The van der Waals surface area contributed by atoms with Gasteiger partial charge in [0.15, 0.2) is 0 Å². The van der Waals surface area contributed by atoms with E-state index in [1.54, 1.807) is 36.4 Å². The molecule has 1 amide bonds. The maximum absolute atomic E-state index is 12.5. The summed E-state index contributed by atoms with van der Waals surface area (Å²) in [6.45, 7) is 7.86. The van der Waals surface area contributed by atoms with Crippen molar-refractivity contribution < 1.29 is 14.6 Å². The summed E-state index contributed by atoms with van der Waals surface area (Å²) in [6, 6.07) is 12.4. The third-order valence-corrected chi connectivity index (χ3v) is 5.91. The Morgan fingerprint density at radius 2 is 1.95 bits per heavy atom. The molecule has 2 heterocycles. The van der Waals surface area contributed by atoms with Gasteiger partial charge in [-0.25, -0.2) is 9.97 Å². The summed E-state index contributed by atoms with van der Waals surface area (Å²) in [7, 11) is 0. The summed E-state index contributed by atoms with van der Waals surface area (Å²) >= 11 is 6.57. The minimum absolute atomic E-state index is 0. The normalized spacial score (nSPS) is 12.4. The molecule has 1 aromatic heterocycles. The molecule has 40 heavy (non-hydrogen) atoms. The van der Waals surface area contributed by atoms with Crippen molar-refractivity contribution in [3.05, 3.63) is 70.5 Å². The van der Waals surface area contributed by atoms with Crippen LogP contribution in [0.5, 0.6) is 11.5 Å². The molecule has 12 heteroatoms. The zero-order valence-electron chi connectivity index (χ0n) is 22.6. The molecular formula is C28H35Cl3N6O3. The second kappa shape index (κ2) is 15.1. The van der Waals surface area contributed by atoms with Gasteiger partial charge < -0.3 is 31.1 Å². The highest BCUT2D eigenvalue weighted by Gasteiger charge is 2.17. The highest BCUT2D eigenvalue weighted by atomic mass is 35.5. The fourth-order valence-corrected chi connectivity index (χ4v) is 4.12. The number of amides is 1. The molecule has 0 spiro atoms. The van der Waals surface area contributed by atoms with E-state index in [1.165, 1.54) is 11.9 Å². The predicted molar refractivity (Wildman–Crippen MR) is 166 cm³/mol. The van der Waals surface area contributed by atoms with Gasteiger partial charge >= 0.3 is 0 Å². The van der Waals surface area contributed by atoms with Crippen molar-refractivity contribution in [2.75, 3.05) is 36.9 Å². The Bertz CT molecular complexity index is 1330. The third kappa shape index (κ3) is 9.25. The number of carbonyl (C=O) groups excluding carboxylic acids is 1. The lowest BCUT2D eigenvalue weighted by atomic mass is 10.1. The molecule has 0 unspecified atom stereocenters. The second-order valence-corrected chi connectivity index (χ2v) is 10.4. The molecule has 4 rings (SSSR count). The van der Waals surface area contributed by atoms with Gasteiger partial charge in [0.25, 0.3) is 5.91 Å². The van der Waals surface area contributed by atoms with Gasteiger partial charge in [-0.3, -0.25) is 4.79 Å². The van der Waals surface area contributed by atoms with Crippen LogP contribution in [-0.2, 0) is 0 Å². The van der Waals surface area contributed by atoms with Crippen LogP contribution in [0.2, 0.25) is 5.02 Å². The van der Waals surface area contributed by atoms with E-state index in [1.807, 2.05) is 26.8 Å². The molecule has 5 N–H and O–H groups in total. The molecule has 3 aromatic rings. The standard InChI is InChI=1S/C28H33ClN6O3.2ClH/c1-28(2,3)35-27(37)19-5-4-6-21(14-19)38-24-8-7-20(15-23(24)29)34-26-22-13-18(16-30-11-12-36)9-10-31-25(22)32-17-33-26;;/h4-8,13-15,17,30,36H,9-12,16H2,1-3H3,(H,35,37)(H2,31,32,33,34);2*1H. The number of fused-ring (bicyclic) bond motifs is 1. The highest BCUT2D eigenvalue weighted by Crippen LogP contribution is 2.34. The van der Waals surface area contributed by atoms with Gasteiger partial charge in [-0.15, -0.1) is 24.8 Å². The Hall–Kier alpha value is -3.08. The minimum Gasteiger partial charge on any atom is -0.456 e. The SMILES string of the molecule is CC(C)(C)NC(=O)c1cccc(Oc2ccc(Nc3ncnc4c3C=C(CNCCO)CCN4)cc2Cl)c1.Cl.Cl. The fourth-order valence-electron chi connectivity index (χ4n) is 3.90. The number of halogens is 3. The Morgan fingerprint density at radius 3 is 2.67 bits per heavy atom. The van der Waals surface area contributed by atoms with Crippen molar-refractivity contribution in [2.24, 2.45) is 0 Å². The molecule has 0 saturated carbocycles. The van der Waals surface area contributed by atoms with Crippen molar-refractivity contribution in [2.45, 2.75) is 32.7 Å². The number of aliphatic hydroxyl groups is 1. The molecule has 0 aliphatic carbocycles. The Kier molecular flexibility index (Phi) is 12.5. The van der Waals surface area contributed by atoms with Gasteiger partial charge in [0, 0.05) is 36.4 Å². The van der Waals surface area contributed by atoms with Crippen LogP contribution >= 0.6 is 36.4 Å². The molecule has 2 aromatic carbocycles. The number of ether oxygens (including phenoxy) is 1. The first kappa shape index (κ1) is 33.1. The zero-order valence-corrected chi connectivity index (χ0v) is 25.0. The number of anilines is 3. The number of aliphatic hydroxyl groups excluding tert-OH is 1. The quantitative estimate of drug-likeness (QED) is 0.193. The summed E-state index contributed by atoms with van der Waals surface area (Å²) in [5.74, 6) is 2.20. The van der Waals surface area contributed by atoms with Crippen molar-refractivity contribution in [3.8, 4) is 11.5 Å². The first-order chi connectivity index (χ1) is 18.2. The Morgan fingerprint density at radius 1 is 1.15 bits per heavy atom. The summed E-state index contributed by atoms with van der Waals surface area (Å²) in [6.07, 6.45) is 4.44. The largest absolute Gasteiger partial charge is 0.456 e. The van der Waals surface area contributed by atoms with E-state index >= 15 is 0 Å². The van der Waals surface area contributed by atoms with E-state index in [0.717, 1.165) is 30.0 Å². The highest BCUT2D eigenvalue weighted by molar-refractivity contribution is 6.32. The predicted octanol–water partition coefficient (Wildman–Crippen LogP) is 5.82. The minimum atomic E-state index is -0.341. The monoisotopic (exact) mass is 608 g/mol. The van der Waals surface area contributed by atoms with Crippen molar-refractivity contribution in [1.82, 2.24) is 20.6 Å². The number of hydrogen-bond acceptors (Lipinski definition) is 8. The third-order valence-electron chi connectivity index (χ3n) is 5.62. The van der Waals surface area contributed by atoms with E-state index in [-0.39, 0.29) is 42.9 Å². The van der Waals surface area contributed by atoms with Gasteiger partial charge in [0.05, 0.1) is 17.2 Å². The molecule has 0 bridgehead atoms. The van der Waals surface area contributed by atoms with Crippen LogP contribution < -0.4 is 26.0 Å². The molecule has 0 atom stereocenters. The number of nitrogens with one attached hydrogen (secondary N) is 4. The Labute approximate surface area is 252 Å². The van der Waals surface area contributed by atoms with E-state index in [2.05, 4.69) is 37.3 Å². The molecule has 0 fully saturated rings.